The summed E-state index contributed by atoms with van der Waals surface area (Å²) in [5, 5.41) is 0.918. The van der Waals surface area contributed by atoms with Crippen LogP contribution in [-0.2, 0) is 0 Å². The molecule has 1 aromatic heterocycles. The van der Waals surface area contributed by atoms with Crippen LogP contribution in [0.3, 0.4) is 0 Å². The van der Waals surface area contributed by atoms with Crippen LogP contribution in [0, 0.1) is 6.92 Å². The molecular formula is C22H17NO2. The normalized spacial score (nSPS) is 10.8. The Labute approximate surface area is 145 Å². The van der Waals surface area contributed by atoms with Crippen molar-refractivity contribution in [2.45, 2.75) is 6.92 Å². The van der Waals surface area contributed by atoms with Crippen molar-refractivity contribution in [3.05, 3.63) is 101 Å². The minimum Gasteiger partial charge on any atom is -0.422 e. The first-order valence-corrected chi connectivity index (χ1v) is 8.17. The van der Waals surface area contributed by atoms with Crippen molar-refractivity contribution < 1.29 is 4.42 Å². The lowest BCUT2D eigenvalue weighted by molar-refractivity contribution is 0.555. The first kappa shape index (κ1) is 15.2. The minimum absolute atomic E-state index is 0.296. The van der Waals surface area contributed by atoms with Gasteiger partial charge in [0.25, 0.3) is 0 Å². The van der Waals surface area contributed by atoms with Crippen LogP contribution >= 0.6 is 0 Å². The Balaban J connectivity index is 1.92. The summed E-state index contributed by atoms with van der Waals surface area (Å²) >= 11 is 0. The average Bonchev–Trinajstić information content (AvgIpc) is 2.65. The Bertz CT molecular complexity index is 1030. The fraction of sp³-hybridized carbons (Fsp3) is 0.0455. The fourth-order valence-electron chi connectivity index (χ4n) is 2.94. The smallest absolute Gasteiger partial charge is 0.339 e. The SMILES string of the molecule is Cc1cc2ccc(N(c3ccccc3)c3ccccc3)cc2oc1=O. The number of benzene rings is 3. The van der Waals surface area contributed by atoms with Gasteiger partial charge >= 0.3 is 5.63 Å². The Kier molecular flexibility index (Phi) is 3.82. The van der Waals surface area contributed by atoms with Gasteiger partial charge in [0, 0.05) is 34.1 Å². The van der Waals surface area contributed by atoms with Gasteiger partial charge in [-0.05, 0) is 49.4 Å². The molecule has 0 bridgehead atoms. The van der Waals surface area contributed by atoms with Crippen LogP contribution in [0.1, 0.15) is 5.56 Å². The molecule has 3 aromatic carbocycles. The molecule has 0 N–H and O–H groups in total. The second kappa shape index (κ2) is 6.29. The highest BCUT2D eigenvalue weighted by Gasteiger charge is 2.13. The van der Waals surface area contributed by atoms with Gasteiger partial charge in [0.1, 0.15) is 5.58 Å². The standard InChI is InChI=1S/C22H17NO2/c1-16-14-17-12-13-20(15-21(17)25-22(16)24)23(18-8-4-2-5-9-18)19-10-6-3-7-11-19/h2-15H,1H3. The molecule has 3 nitrogen and oxygen atoms in total. The summed E-state index contributed by atoms with van der Waals surface area (Å²) in [4.78, 5) is 14.0. The van der Waals surface area contributed by atoms with Gasteiger partial charge in [-0.15, -0.1) is 0 Å². The van der Waals surface area contributed by atoms with E-state index in [1.54, 1.807) is 6.92 Å². The van der Waals surface area contributed by atoms with Gasteiger partial charge in [0.2, 0.25) is 0 Å². The van der Waals surface area contributed by atoms with Crippen LogP contribution in [0.4, 0.5) is 17.1 Å². The van der Waals surface area contributed by atoms with E-state index in [-0.39, 0.29) is 5.63 Å². The molecule has 0 atom stereocenters. The van der Waals surface area contributed by atoms with Gasteiger partial charge < -0.3 is 9.32 Å². The fourth-order valence-corrected chi connectivity index (χ4v) is 2.94. The molecule has 0 saturated carbocycles. The zero-order valence-electron chi connectivity index (χ0n) is 13.8. The van der Waals surface area contributed by atoms with Crippen LogP contribution < -0.4 is 10.5 Å². The van der Waals surface area contributed by atoms with Crippen LogP contribution in [0.15, 0.2) is 94.1 Å². The molecule has 0 unspecified atom stereocenters. The molecule has 0 aliphatic carbocycles. The molecule has 0 spiro atoms. The van der Waals surface area contributed by atoms with E-state index in [9.17, 15) is 4.79 Å². The predicted molar refractivity (Wildman–Crippen MR) is 102 cm³/mol. The molecule has 4 rings (SSSR count). The predicted octanol–water partition coefficient (Wildman–Crippen LogP) is 5.57. The number of anilines is 3. The molecule has 25 heavy (non-hydrogen) atoms. The molecule has 1 heterocycles. The van der Waals surface area contributed by atoms with Crippen molar-refractivity contribution >= 4 is 28.0 Å². The maximum Gasteiger partial charge on any atom is 0.339 e. The number of hydrogen-bond acceptors (Lipinski definition) is 3. The summed E-state index contributed by atoms with van der Waals surface area (Å²) < 4.78 is 5.47. The minimum atomic E-state index is -0.296. The Morgan fingerprint density at radius 1 is 0.720 bits per heavy atom. The molecule has 0 amide bonds. The third kappa shape index (κ3) is 2.92. The number of fused-ring (bicyclic) bond motifs is 1. The molecule has 0 aliphatic heterocycles. The highest BCUT2D eigenvalue weighted by Crippen LogP contribution is 2.35. The Hall–Kier alpha value is -3.33. The van der Waals surface area contributed by atoms with E-state index in [0.29, 0.717) is 11.1 Å². The Morgan fingerprint density at radius 2 is 1.32 bits per heavy atom. The van der Waals surface area contributed by atoms with Gasteiger partial charge in [-0.2, -0.15) is 0 Å². The summed E-state index contributed by atoms with van der Waals surface area (Å²) in [6.07, 6.45) is 0. The van der Waals surface area contributed by atoms with Crippen molar-refractivity contribution in [2.75, 3.05) is 4.90 Å². The summed E-state index contributed by atoms with van der Waals surface area (Å²) in [6.45, 7) is 1.76. The number of nitrogens with zero attached hydrogens (tertiary/aromatic N) is 1. The second-order valence-corrected chi connectivity index (χ2v) is 5.95. The van der Waals surface area contributed by atoms with E-state index < -0.39 is 0 Å². The van der Waals surface area contributed by atoms with Crippen LogP contribution in [-0.4, -0.2) is 0 Å². The van der Waals surface area contributed by atoms with E-state index in [2.05, 4.69) is 29.2 Å². The maximum absolute atomic E-state index is 11.9. The summed E-state index contributed by atoms with van der Waals surface area (Å²) in [6, 6.07) is 28.1. The van der Waals surface area contributed by atoms with Crippen molar-refractivity contribution in [1.29, 1.82) is 0 Å². The molecule has 3 heteroatoms. The number of aryl methyl sites for hydroxylation is 1. The van der Waals surface area contributed by atoms with Gasteiger partial charge in [-0.25, -0.2) is 4.79 Å². The van der Waals surface area contributed by atoms with E-state index in [1.165, 1.54) is 0 Å². The molecule has 0 fully saturated rings. The van der Waals surface area contributed by atoms with Crippen LogP contribution in [0.25, 0.3) is 11.0 Å². The highest BCUT2D eigenvalue weighted by molar-refractivity contribution is 5.85. The van der Waals surface area contributed by atoms with Gasteiger partial charge in [0.05, 0.1) is 0 Å². The average molecular weight is 327 g/mol. The zero-order chi connectivity index (χ0) is 17.2. The molecule has 0 radical (unpaired) electrons. The van der Waals surface area contributed by atoms with Crippen molar-refractivity contribution in [1.82, 2.24) is 0 Å². The monoisotopic (exact) mass is 327 g/mol. The lowest BCUT2D eigenvalue weighted by Crippen LogP contribution is -2.10. The first-order valence-electron chi connectivity index (χ1n) is 8.17. The topological polar surface area (TPSA) is 33.5 Å². The third-order valence-corrected chi connectivity index (χ3v) is 4.18. The molecule has 0 aliphatic rings. The van der Waals surface area contributed by atoms with Crippen LogP contribution in [0.2, 0.25) is 0 Å². The lowest BCUT2D eigenvalue weighted by atomic mass is 10.1. The summed E-state index contributed by atoms with van der Waals surface area (Å²) in [5.41, 5.74) is 3.94. The van der Waals surface area contributed by atoms with E-state index in [0.717, 1.165) is 22.4 Å². The van der Waals surface area contributed by atoms with Crippen molar-refractivity contribution in [3.63, 3.8) is 0 Å². The Morgan fingerprint density at radius 3 is 1.92 bits per heavy atom. The second-order valence-electron chi connectivity index (χ2n) is 5.95. The van der Waals surface area contributed by atoms with Crippen molar-refractivity contribution in [2.24, 2.45) is 0 Å². The van der Waals surface area contributed by atoms with Gasteiger partial charge in [0.15, 0.2) is 0 Å². The largest absolute Gasteiger partial charge is 0.422 e. The van der Waals surface area contributed by atoms with E-state index in [1.807, 2.05) is 60.7 Å². The lowest BCUT2D eigenvalue weighted by Gasteiger charge is -2.25. The summed E-state index contributed by atoms with van der Waals surface area (Å²) in [5.74, 6) is 0. The van der Waals surface area contributed by atoms with E-state index in [4.69, 9.17) is 4.42 Å². The first-order chi connectivity index (χ1) is 12.2. The molecular weight excluding hydrogens is 310 g/mol. The van der Waals surface area contributed by atoms with Crippen molar-refractivity contribution in [3.8, 4) is 0 Å². The number of rotatable bonds is 3. The van der Waals surface area contributed by atoms with E-state index >= 15 is 0 Å². The maximum atomic E-state index is 11.9. The molecule has 0 saturated heterocycles. The number of para-hydroxylation sites is 2. The zero-order valence-corrected chi connectivity index (χ0v) is 13.8. The quantitative estimate of drug-likeness (QED) is 0.461. The number of hydrogen-bond donors (Lipinski definition) is 0. The highest BCUT2D eigenvalue weighted by atomic mass is 16.4. The third-order valence-electron chi connectivity index (χ3n) is 4.18. The molecule has 122 valence electrons. The van der Waals surface area contributed by atoms with Crippen LogP contribution in [0.5, 0.6) is 0 Å². The van der Waals surface area contributed by atoms with Gasteiger partial charge in [-0.3, -0.25) is 0 Å². The van der Waals surface area contributed by atoms with Gasteiger partial charge in [-0.1, -0.05) is 36.4 Å². The summed E-state index contributed by atoms with van der Waals surface area (Å²) in [7, 11) is 0. The molecule has 4 aromatic rings.